The monoisotopic (exact) mass is 1300 g/mol. The zero-order chi connectivity index (χ0) is 53.4. The Hall–Kier alpha value is 0.747. The van der Waals surface area contributed by atoms with E-state index < -0.39 is 43.1 Å². The number of fused-ring (bicyclic) bond motifs is 6. The maximum absolute atomic E-state index is 6.40. The van der Waals surface area contributed by atoms with Gasteiger partial charge in [-0.15, -0.1) is 31.9 Å². The number of rotatable bonds is 31. The molecule has 7 rings (SSSR count). The van der Waals surface area contributed by atoms with Crippen molar-refractivity contribution >= 4 is 97.1 Å². The van der Waals surface area contributed by atoms with Crippen LogP contribution in [0.15, 0.2) is 35.0 Å². The molecule has 5 heterocycles. The van der Waals surface area contributed by atoms with Crippen LogP contribution in [0, 0.1) is 0 Å². The van der Waals surface area contributed by atoms with Gasteiger partial charge in [-0.05, 0) is 59.7 Å². The third kappa shape index (κ3) is 20.4. The molecule has 72 heavy (non-hydrogen) atoms. The SMILES string of the molecule is C.C.C1CCOC1.CCCCCCCCC1(CCCCCCCC)c2c[c]([Sn]([CH3])([CH3])[CH3])sc2-c2s[c]([Sn]([CH3])([CH3])[CH3])cc21.CCCCCCCCC1(CCCCCCCC)c2ccsc2-c2sccc21.[2H]OC([2H])([3H])P. The first-order valence-electron chi connectivity index (χ1n) is 30.3. The van der Waals surface area contributed by atoms with Crippen molar-refractivity contribution in [2.24, 2.45) is 0 Å². The van der Waals surface area contributed by atoms with E-state index in [1.54, 1.807) is 56.8 Å². The summed E-state index contributed by atoms with van der Waals surface area (Å²) in [6, 6.07) is 10.4. The molecular weight excluding hydrogens is 1190 g/mol. The molecule has 0 amide bonds. The minimum Gasteiger partial charge on any atom is -0.392 e. The minimum atomic E-state index is -2.10. The van der Waals surface area contributed by atoms with Gasteiger partial charge >= 0.3 is 237 Å². The average molecular weight is 1300 g/mol. The average Bonchev–Trinajstić information content (AvgIpc) is 4.21. The van der Waals surface area contributed by atoms with Crippen LogP contribution in [-0.4, -0.2) is 62.8 Å². The summed E-state index contributed by atoms with van der Waals surface area (Å²) in [4.78, 5) is 22.3. The van der Waals surface area contributed by atoms with E-state index in [4.69, 9.17) is 8.91 Å². The van der Waals surface area contributed by atoms with Gasteiger partial charge in [-0.2, -0.15) is 0 Å². The van der Waals surface area contributed by atoms with Gasteiger partial charge in [-0.3, -0.25) is 0 Å². The Balaban J connectivity index is 0.000000424. The van der Waals surface area contributed by atoms with Gasteiger partial charge in [0.1, 0.15) is 0 Å². The summed E-state index contributed by atoms with van der Waals surface area (Å²) < 4.78 is 27.3. The number of thiophene rings is 4. The van der Waals surface area contributed by atoms with Gasteiger partial charge in [0.2, 0.25) is 1.43 Å². The molecule has 2 aliphatic carbocycles. The molecule has 2 unspecified atom stereocenters. The van der Waals surface area contributed by atoms with Crippen LogP contribution in [0.3, 0.4) is 0 Å². The molecule has 0 saturated carbocycles. The van der Waals surface area contributed by atoms with E-state index in [1.165, 1.54) is 193 Å². The van der Waals surface area contributed by atoms with Crippen molar-refractivity contribution in [2.75, 3.05) is 19.5 Å². The van der Waals surface area contributed by atoms with E-state index in [0.29, 0.717) is 10.8 Å². The second-order valence-corrected chi connectivity index (χ2v) is 58.2. The van der Waals surface area contributed by atoms with Crippen LogP contribution in [-0.2, 0) is 15.6 Å². The topological polar surface area (TPSA) is 29.5 Å². The van der Waals surface area contributed by atoms with Gasteiger partial charge in [0.05, 0.1) is 9.04 Å². The molecule has 1 fully saturated rings. The molecular formula is C63H113O2PS4Sn2. The minimum absolute atomic E-state index is 0. The van der Waals surface area contributed by atoms with E-state index in [2.05, 4.69) is 120 Å². The smallest absolute Gasteiger partial charge is 0.211 e. The first kappa shape index (κ1) is 63.6. The standard InChI is InChI=1S/C25H38S2.C25H36S2.C4H8O.CH5OP.2CH4.6CH3.2Sn/c2*1-3-5-7-9-11-13-17-25(18-14-12-10-8-6-4-2)21-15-19-26-23(21)24-22(25)16-20-27-24;1-2-4-5-3-1;2-1-3;;;;;;;;;;/h15-16,19-20H,3-14,17-18H2,1-2H3;15-16H,3-14,17-18H2,1-2H3;1-4H2;2H,1,3H2;2*1H4;6*1H3;;/i;;;1TD,2D;;;;;;;;;;. The fraction of sp³-hybridized carbons (Fsp3) is 0.746. The van der Waals surface area contributed by atoms with Crippen LogP contribution in [0.5, 0.6) is 0 Å². The van der Waals surface area contributed by atoms with Crippen LogP contribution in [0.1, 0.15) is 260 Å². The molecule has 4 aromatic rings. The summed E-state index contributed by atoms with van der Waals surface area (Å²) in [5.74, 6) is 0. The van der Waals surface area contributed by atoms with E-state index in [-0.39, 0.29) is 14.9 Å². The molecule has 0 radical (unpaired) electrons. The van der Waals surface area contributed by atoms with Gasteiger partial charge in [-0.1, -0.05) is 106 Å². The molecule has 1 N–H and O–H groups in total. The second-order valence-electron chi connectivity index (χ2n) is 23.2. The number of ether oxygens (including phenoxy) is 1. The Morgan fingerprint density at radius 2 is 0.819 bits per heavy atom. The molecule has 2 nitrogen and oxygen atoms in total. The Bertz CT molecular complexity index is 1940. The molecule has 0 spiro atoms. The normalized spacial score (nSPS) is 16.1. The van der Waals surface area contributed by atoms with Gasteiger partial charge in [0.15, 0.2) is 0 Å². The zero-order valence-electron chi connectivity index (χ0n) is 49.6. The summed E-state index contributed by atoms with van der Waals surface area (Å²) in [5, 5.41) is 8.16. The van der Waals surface area contributed by atoms with E-state index in [9.17, 15) is 0 Å². The fourth-order valence-corrected chi connectivity index (χ4v) is 26.5. The molecule has 4 aromatic heterocycles. The van der Waals surface area contributed by atoms with Crippen molar-refractivity contribution in [1.29, 1.82) is 1.43 Å². The summed E-state index contributed by atoms with van der Waals surface area (Å²) >= 11 is 4.19. The molecule has 1 saturated heterocycles. The number of aliphatic hydroxyl groups is 1. The first-order chi connectivity index (χ1) is 34.9. The third-order valence-corrected chi connectivity index (χ3v) is 38.7. The number of hydrogen-bond donors (Lipinski definition) is 1. The maximum Gasteiger partial charge on any atom is 0.211 e. The van der Waals surface area contributed by atoms with Crippen molar-refractivity contribution < 1.29 is 12.6 Å². The Morgan fingerprint density at radius 1 is 0.528 bits per heavy atom. The number of hydrogen-bond acceptors (Lipinski definition) is 6. The van der Waals surface area contributed by atoms with E-state index >= 15 is 0 Å². The van der Waals surface area contributed by atoms with Crippen LogP contribution < -0.4 is 5.79 Å². The summed E-state index contributed by atoms with van der Waals surface area (Å²) in [6.07, 6.45) is 39.9. The number of unbranched alkanes of at least 4 members (excludes halogenated alkanes) is 20. The van der Waals surface area contributed by atoms with Crippen molar-refractivity contribution in [2.45, 2.75) is 276 Å². The Kier molecular flexibility index (Phi) is 32.5. The molecule has 414 valence electrons. The largest absolute Gasteiger partial charge is 0.392 e. The fourth-order valence-electron chi connectivity index (χ4n) is 11.2. The van der Waals surface area contributed by atoms with Gasteiger partial charge in [0, 0.05) is 28.4 Å². The molecule has 2 atom stereocenters. The van der Waals surface area contributed by atoms with Crippen LogP contribution in [0.25, 0.3) is 19.5 Å². The third-order valence-electron chi connectivity index (χ3n) is 15.4. The Labute approximate surface area is 478 Å². The Morgan fingerprint density at radius 3 is 1.08 bits per heavy atom. The summed E-state index contributed by atoms with van der Waals surface area (Å²) in [6.45, 7) is 11.3. The van der Waals surface area contributed by atoms with Crippen LogP contribution in [0.2, 0.25) is 29.6 Å². The molecule has 0 bridgehead atoms. The summed E-state index contributed by atoms with van der Waals surface area (Å²) in [7, 11) is 1.72. The van der Waals surface area contributed by atoms with Gasteiger partial charge < -0.3 is 9.85 Å². The van der Waals surface area contributed by atoms with Crippen molar-refractivity contribution in [1.82, 2.24) is 0 Å². The first-order valence-corrected chi connectivity index (χ1v) is 52.9. The van der Waals surface area contributed by atoms with Crippen molar-refractivity contribution in [3.63, 3.8) is 0 Å². The predicted molar refractivity (Wildman–Crippen MR) is 345 cm³/mol. The quantitative estimate of drug-likeness (QED) is 0.0309. The van der Waals surface area contributed by atoms with Crippen LogP contribution in [0.4, 0.5) is 0 Å². The summed E-state index contributed by atoms with van der Waals surface area (Å²) in [5.41, 5.74) is 7.57. The molecule has 3 aliphatic rings. The van der Waals surface area contributed by atoms with Crippen LogP contribution >= 0.6 is 54.6 Å². The molecule has 9 heteroatoms. The van der Waals surface area contributed by atoms with Crippen molar-refractivity contribution in [3.8, 4) is 19.5 Å². The predicted octanol–water partition coefficient (Wildman–Crippen LogP) is 22.1. The van der Waals surface area contributed by atoms with Crippen molar-refractivity contribution in [3.05, 3.63) is 57.3 Å². The van der Waals surface area contributed by atoms with Gasteiger partial charge in [-0.25, -0.2) is 0 Å². The van der Waals surface area contributed by atoms with E-state index in [0.717, 1.165) is 13.2 Å². The van der Waals surface area contributed by atoms with Gasteiger partial charge in [0.25, 0.3) is 0 Å². The molecule has 0 aromatic carbocycles. The maximum atomic E-state index is 6.40. The zero-order valence-corrected chi connectivity index (χ0v) is 56.7. The van der Waals surface area contributed by atoms with E-state index in [1.807, 2.05) is 22.7 Å². The molecule has 1 aliphatic heterocycles. The second kappa shape index (κ2) is 36.8.